The average molecular weight is 304 g/mol. The van der Waals surface area contributed by atoms with Gasteiger partial charge in [-0.3, -0.25) is 0 Å². The van der Waals surface area contributed by atoms with E-state index in [1.165, 1.54) is 5.56 Å². The zero-order valence-corrected chi connectivity index (χ0v) is 13.2. The fourth-order valence-electron chi connectivity index (χ4n) is 4.41. The lowest BCUT2D eigenvalue weighted by molar-refractivity contribution is -0.116. The molecule has 1 spiro atoms. The molecule has 0 radical (unpaired) electrons. The zero-order valence-electron chi connectivity index (χ0n) is 13.2. The Labute approximate surface area is 131 Å². The second kappa shape index (κ2) is 5.03. The van der Waals surface area contributed by atoms with Crippen molar-refractivity contribution in [1.82, 2.24) is 0 Å². The molecule has 0 bridgehead atoms. The second-order valence-corrected chi connectivity index (χ2v) is 7.12. The standard InChI is InChI=1S/C18H24O4/c1-17(14(22-17)10-12-6-4-3-5-7-12)16-15(20-2)13(19)8-9-18(16)11-21-18/h3-7,13-16,19H,8-11H2,1-2H3. The van der Waals surface area contributed by atoms with E-state index in [1.807, 2.05) is 6.07 Å². The van der Waals surface area contributed by atoms with E-state index < -0.39 is 6.10 Å². The van der Waals surface area contributed by atoms with E-state index in [-0.39, 0.29) is 29.3 Å². The molecule has 4 heteroatoms. The van der Waals surface area contributed by atoms with E-state index in [0.717, 1.165) is 25.9 Å². The van der Waals surface area contributed by atoms with Crippen LogP contribution in [-0.2, 0) is 20.6 Å². The monoisotopic (exact) mass is 304 g/mol. The minimum atomic E-state index is -0.428. The molecule has 0 amide bonds. The zero-order chi connectivity index (χ0) is 15.4. The molecule has 3 fully saturated rings. The molecule has 0 aromatic heterocycles. The lowest BCUT2D eigenvalue weighted by atomic mass is 9.68. The van der Waals surface area contributed by atoms with Crippen molar-refractivity contribution in [3.05, 3.63) is 35.9 Å². The maximum absolute atomic E-state index is 10.3. The predicted octanol–water partition coefficient (Wildman–Crippen LogP) is 1.94. The summed E-state index contributed by atoms with van der Waals surface area (Å²) in [6.07, 6.45) is 2.08. The highest BCUT2D eigenvalue weighted by Crippen LogP contribution is 2.59. The molecule has 1 saturated carbocycles. The molecular weight excluding hydrogens is 280 g/mol. The first kappa shape index (κ1) is 14.6. The van der Waals surface area contributed by atoms with Gasteiger partial charge in [-0.1, -0.05) is 30.3 Å². The third-order valence-electron chi connectivity index (χ3n) is 5.78. The van der Waals surface area contributed by atoms with Gasteiger partial charge in [0.1, 0.15) is 5.60 Å². The van der Waals surface area contributed by atoms with Crippen LogP contribution in [0, 0.1) is 5.92 Å². The molecule has 1 N–H and O–H groups in total. The number of hydrogen-bond donors (Lipinski definition) is 1. The molecule has 2 heterocycles. The van der Waals surface area contributed by atoms with Gasteiger partial charge in [0.15, 0.2) is 0 Å². The Morgan fingerprint density at radius 1 is 1.32 bits per heavy atom. The van der Waals surface area contributed by atoms with Crippen molar-refractivity contribution in [1.29, 1.82) is 0 Å². The number of hydrogen-bond acceptors (Lipinski definition) is 4. The van der Waals surface area contributed by atoms with Crippen LogP contribution in [0.5, 0.6) is 0 Å². The summed E-state index contributed by atoms with van der Waals surface area (Å²) in [6.45, 7) is 2.92. The summed E-state index contributed by atoms with van der Waals surface area (Å²) in [5.41, 5.74) is 0.876. The Hall–Kier alpha value is -0.940. The summed E-state index contributed by atoms with van der Waals surface area (Å²) in [7, 11) is 1.68. The Morgan fingerprint density at radius 3 is 2.68 bits per heavy atom. The number of aliphatic hydroxyl groups is 1. The van der Waals surface area contributed by atoms with Crippen molar-refractivity contribution in [2.75, 3.05) is 13.7 Å². The highest BCUT2D eigenvalue weighted by atomic mass is 16.6. The van der Waals surface area contributed by atoms with Crippen LogP contribution in [0.2, 0.25) is 0 Å². The predicted molar refractivity (Wildman–Crippen MR) is 81.6 cm³/mol. The van der Waals surface area contributed by atoms with Crippen molar-refractivity contribution < 1.29 is 19.3 Å². The maximum Gasteiger partial charge on any atom is 0.101 e. The summed E-state index contributed by atoms with van der Waals surface area (Å²) in [6, 6.07) is 10.4. The van der Waals surface area contributed by atoms with E-state index in [1.54, 1.807) is 7.11 Å². The van der Waals surface area contributed by atoms with Crippen LogP contribution >= 0.6 is 0 Å². The molecule has 3 aliphatic rings. The molecule has 22 heavy (non-hydrogen) atoms. The van der Waals surface area contributed by atoms with Crippen LogP contribution in [-0.4, -0.2) is 48.3 Å². The van der Waals surface area contributed by atoms with Gasteiger partial charge in [0.25, 0.3) is 0 Å². The van der Waals surface area contributed by atoms with Crippen LogP contribution in [0.4, 0.5) is 0 Å². The number of methoxy groups -OCH3 is 1. The topological polar surface area (TPSA) is 54.5 Å². The van der Waals surface area contributed by atoms with Crippen LogP contribution < -0.4 is 0 Å². The lowest BCUT2D eigenvalue weighted by Crippen LogP contribution is -2.54. The normalized spacial score (nSPS) is 46.7. The smallest absolute Gasteiger partial charge is 0.101 e. The summed E-state index contributed by atoms with van der Waals surface area (Å²) >= 11 is 0. The van der Waals surface area contributed by atoms with E-state index >= 15 is 0 Å². The first-order valence-electron chi connectivity index (χ1n) is 8.16. The average Bonchev–Trinajstić information content (AvgIpc) is 3.42. The number of epoxide rings is 2. The van der Waals surface area contributed by atoms with Crippen molar-refractivity contribution in [2.24, 2.45) is 5.92 Å². The first-order chi connectivity index (χ1) is 10.6. The Morgan fingerprint density at radius 2 is 2.05 bits per heavy atom. The molecular formula is C18H24O4. The van der Waals surface area contributed by atoms with E-state index in [9.17, 15) is 5.11 Å². The molecule has 120 valence electrons. The van der Waals surface area contributed by atoms with Gasteiger partial charge in [-0.25, -0.2) is 0 Å². The first-order valence-corrected chi connectivity index (χ1v) is 8.16. The third-order valence-corrected chi connectivity index (χ3v) is 5.78. The van der Waals surface area contributed by atoms with Gasteiger partial charge in [0, 0.05) is 13.5 Å². The van der Waals surface area contributed by atoms with Gasteiger partial charge in [-0.15, -0.1) is 0 Å². The molecule has 1 aliphatic carbocycles. The van der Waals surface area contributed by atoms with E-state index in [0.29, 0.717) is 0 Å². The van der Waals surface area contributed by atoms with Gasteiger partial charge in [0.05, 0.1) is 36.4 Å². The molecule has 1 aromatic rings. The molecule has 2 saturated heterocycles. The number of benzene rings is 1. The van der Waals surface area contributed by atoms with Gasteiger partial charge in [-0.2, -0.15) is 0 Å². The molecule has 4 rings (SSSR count). The maximum atomic E-state index is 10.3. The minimum Gasteiger partial charge on any atom is -0.390 e. The van der Waals surface area contributed by atoms with Gasteiger partial charge >= 0.3 is 0 Å². The quantitative estimate of drug-likeness (QED) is 0.864. The third kappa shape index (κ3) is 2.21. The van der Waals surface area contributed by atoms with Crippen molar-refractivity contribution in [2.45, 2.75) is 55.7 Å². The molecule has 6 unspecified atom stereocenters. The summed E-state index contributed by atoms with van der Waals surface area (Å²) in [4.78, 5) is 0. The fraction of sp³-hybridized carbons (Fsp3) is 0.667. The molecule has 1 aromatic carbocycles. The SMILES string of the molecule is COC1C(O)CCC2(CO2)C1C1(C)OC1Cc1ccccc1. The Kier molecular flexibility index (Phi) is 3.35. The molecule has 2 aliphatic heterocycles. The van der Waals surface area contributed by atoms with Crippen molar-refractivity contribution in [3.63, 3.8) is 0 Å². The van der Waals surface area contributed by atoms with Gasteiger partial charge in [0.2, 0.25) is 0 Å². The van der Waals surface area contributed by atoms with E-state index in [4.69, 9.17) is 14.2 Å². The van der Waals surface area contributed by atoms with Gasteiger partial charge < -0.3 is 19.3 Å². The second-order valence-electron chi connectivity index (χ2n) is 7.12. The number of ether oxygens (including phenoxy) is 3. The fourth-order valence-corrected chi connectivity index (χ4v) is 4.41. The summed E-state index contributed by atoms with van der Waals surface area (Å²) in [5.74, 6) is 0.0995. The minimum absolute atomic E-state index is 0.0995. The summed E-state index contributed by atoms with van der Waals surface area (Å²) in [5, 5.41) is 10.3. The van der Waals surface area contributed by atoms with Crippen molar-refractivity contribution >= 4 is 0 Å². The Bertz CT molecular complexity index is 541. The highest BCUT2D eigenvalue weighted by Gasteiger charge is 2.71. The summed E-state index contributed by atoms with van der Waals surface area (Å²) < 4.78 is 17.6. The van der Waals surface area contributed by atoms with E-state index in [2.05, 4.69) is 31.2 Å². The number of aliphatic hydroxyl groups excluding tert-OH is 1. The number of rotatable bonds is 4. The lowest BCUT2D eigenvalue weighted by Gasteiger charge is -2.41. The Balaban J connectivity index is 1.55. The largest absolute Gasteiger partial charge is 0.390 e. The van der Waals surface area contributed by atoms with Crippen LogP contribution in [0.15, 0.2) is 30.3 Å². The van der Waals surface area contributed by atoms with Crippen LogP contribution in [0.25, 0.3) is 0 Å². The van der Waals surface area contributed by atoms with Crippen LogP contribution in [0.3, 0.4) is 0 Å². The highest BCUT2D eigenvalue weighted by molar-refractivity contribution is 5.24. The molecule has 6 atom stereocenters. The van der Waals surface area contributed by atoms with Crippen molar-refractivity contribution in [3.8, 4) is 0 Å². The van der Waals surface area contributed by atoms with Crippen LogP contribution in [0.1, 0.15) is 25.3 Å². The molecule has 4 nitrogen and oxygen atoms in total. The van der Waals surface area contributed by atoms with Gasteiger partial charge in [-0.05, 0) is 25.3 Å².